The number of nitrogens with two attached hydrogens (primary N) is 1. The van der Waals surface area contributed by atoms with Crippen LogP contribution in [-0.2, 0) is 14.5 Å². The number of hydrogen-bond donors (Lipinski definition) is 6. The Bertz CT molecular complexity index is 284. The van der Waals surface area contributed by atoms with E-state index in [1.54, 1.807) is 0 Å². The second-order valence-corrected chi connectivity index (χ2v) is 3.49. The van der Waals surface area contributed by atoms with Crippen molar-refractivity contribution in [1.82, 2.24) is 0 Å². The topological polar surface area (TPSA) is 155 Å². The zero-order chi connectivity index (χ0) is 11.5. The number of aliphatic hydroxyl groups is 5. The van der Waals surface area contributed by atoms with E-state index in [0.717, 1.165) is 0 Å². The Balaban J connectivity index is 2.37. The summed E-state index contributed by atoms with van der Waals surface area (Å²) in [5, 5.41) is 46.8. The van der Waals surface area contributed by atoms with Crippen molar-refractivity contribution in [3.63, 3.8) is 0 Å². The zero-order valence-corrected chi connectivity index (χ0v) is 7.40. The van der Waals surface area contributed by atoms with Crippen LogP contribution < -0.4 is 5.73 Å². The van der Waals surface area contributed by atoms with Crippen LogP contribution in [0.2, 0.25) is 0 Å². The summed E-state index contributed by atoms with van der Waals surface area (Å²) >= 11 is 0. The van der Waals surface area contributed by atoms with E-state index in [0.29, 0.717) is 0 Å². The third-order valence-corrected chi connectivity index (χ3v) is 2.52. The Labute approximate surface area is 83.1 Å². The van der Waals surface area contributed by atoms with Crippen LogP contribution in [0.5, 0.6) is 0 Å². The van der Waals surface area contributed by atoms with Gasteiger partial charge in [0, 0.05) is 0 Å². The molecule has 15 heavy (non-hydrogen) atoms. The molecule has 2 aliphatic heterocycles. The molecule has 0 saturated carbocycles. The molecule has 7 N–H and O–H groups in total. The van der Waals surface area contributed by atoms with Crippen molar-refractivity contribution in [3.05, 3.63) is 0 Å². The lowest BCUT2D eigenvalue weighted by molar-refractivity contribution is -0.714. The predicted octanol–water partition coefficient (Wildman–Crippen LogP) is -4.32. The van der Waals surface area contributed by atoms with Crippen LogP contribution in [0.15, 0.2) is 0 Å². The number of aliphatic hydroxyl groups excluding tert-OH is 2. The lowest BCUT2D eigenvalue weighted by atomic mass is 9.88. The van der Waals surface area contributed by atoms with Crippen LogP contribution in [0, 0.1) is 0 Å². The fourth-order valence-electron chi connectivity index (χ4n) is 1.54. The first-order chi connectivity index (χ1) is 6.78. The monoisotopic (exact) mass is 225 g/mol. The molecule has 0 aromatic heterocycles. The standard InChI is InChI=1S/C6H11NO8/c7-6(12)5(11)4(10,14-15-5)3(9)2(1-8)13-6/h2-3,8-12H,1,7H2/t2-,3+,4+,5-,6?/m1/s1. The molecule has 0 radical (unpaired) electrons. The van der Waals surface area contributed by atoms with Crippen LogP contribution in [0.25, 0.3) is 0 Å². The number of rotatable bonds is 1. The van der Waals surface area contributed by atoms with Crippen LogP contribution in [0.4, 0.5) is 0 Å². The maximum atomic E-state index is 9.62. The molecule has 0 aromatic rings. The molecule has 0 bridgehead atoms. The minimum atomic E-state index is -2.81. The molecule has 0 aromatic carbocycles. The molecule has 2 aliphatic rings. The fraction of sp³-hybridized carbons (Fsp3) is 1.00. The first kappa shape index (κ1) is 11.1. The van der Waals surface area contributed by atoms with Gasteiger partial charge in [-0.15, -0.1) is 0 Å². The van der Waals surface area contributed by atoms with Crippen LogP contribution in [-0.4, -0.2) is 61.8 Å². The Morgan fingerprint density at radius 1 is 1.20 bits per heavy atom. The van der Waals surface area contributed by atoms with Gasteiger partial charge in [0.25, 0.3) is 11.7 Å². The summed E-state index contributed by atoms with van der Waals surface area (Å²) in [6.45, 7) is -0.748. The summed E-state index contributed by atoms with van der Waals surface area (Å²) in [4.78, 5) is 8.20. The van der Waals surface area contributed by atoms with E-state index < -0.39 is 36.3 Å². The zero-order valence-electron chi connectivity index (χ0n) is 7.40. The van der Waals surface area contributed by atoms with Crippen molar-refractivity contribution in [2.24, 2.45) is 5.73 Å². The highest BCUT2D eigenvalue weighted by Gasteiger charge is 2.81. The van der Waals surface area contributed by atoms with Crippen molar-refractivity contribution in [1.29, 1.82) is 0 Å². The Kier molecular flexibility index (Phi) is 2.12. The highest BCUT2D eigenvalue weighted by Crippen LogP contribution is 2.49. The van der Waals surface area contributed by atoms with Crippen molar-refractivity contribution >= 4 is 0 Å². The summed E-state index contributed by atoms with van der Waals surface area (Å²) < 4.78 is 4.56. The fourth-order valence-corrected chi connectivity index (χ4v) is 1.54. The summed E-state index contributed by atoms with van der Waals surface area (Å²) in [5.74, 6) is -8.28. The van der Waals surface area contributed by atoms with Gasteiger partial charge < -0.3 is 30.3 Å². The van der Waals surface area contributed by atoms with Gasteiger partial charge in [-0.3, -0.25) is 5.73 Å². The Morgan fingerprint density at radius 2 is 1.80 bits per heavy atom. The van der Waals surface area contributed by atoms with Crippen LogP contribution in [0.1, 0.15) is 0 Å². The summed E-state index contributed by atoms with van der Waals surface area (Å²) in [6.07, 6.45) is -3.25. The van der Waals surface area contributed by atoms with E-state index in [4.69, 9.17) is 10.8 Å². The lowest BCUT2D eigenvalue weighted by Crippen LogP contribution is -2.89. The molecule has 9 heteroatoms. The Morgan fingerprint density at radius 3 is 2.20 bits per heavy atom. The molecule has 2 saturated heterocycles. The van der Waals surface area contributed by atoms with Gasteiger partial charge in [-0.25, -0.2) is 0 Å². The minimum Gasteiger partial charge on any atom is -0.394 e. The van der Waals surface area contributed by atoms with Gasteiger partial charge in [0.2, 0.25) is 0 Å². The number of fused-ring (bicyclic) bond motifs is 1. The maximum absolute atomic E-state index is 9.62. The highest BCUT2D eigenvalue weighted by atomic mass is 17.3. The summed E-state index contributed by atoms with van der Waals surface area (Å²) in [5.41, 5.74) is 5.11. The predicted molar refractivity (Wildman–Crippen MR) is 39.2 cm³/mol. The molecule has 9 nitrogen and oxygen atoms in total. The van der Waals surface area contributed by atoms with Gasteiger partial charge in [-0.2, -0.15) is 9.78 Å². The average Bonchev–Trinajstić information content (AvgIpc) is 2.19. The largest absolute Gasteiger partial charge is 0.394 e. The molecule has 5 atom stereocenters. The number of ether oxygens (including phenoxy) is 1. The smallest absolute Gasteiger partial charge is 0.328 e. The van der Waals surface area contributed by atoms with Crippen molar-refractivity contribution in [3.8, 4) is 0 Å². The second-order valence-electron chi connectivity index (χ2n) is 3.49. The van der Waals surface area contributed by atoms with Gasteiger partial charge in [0.05, 0.1) is 6.61 Å². The summed E-state index contributed by atoms with van der Waals surface area (Å²) in [6, 6.07) is 0. The number of hydrogen-bond acceptors (Lipinski definition) is 9. The molecule has 88 valence electrons. The molecule has 2 heterocycles. The van der Waals surface area contributed by atoms with E-state index in [-0.39, 0.29) is 0 Å². The quantitative estimate of drug-likeness (QED) is 0.192. The first-order valence-corrected chi connectivity index (χ1v) is 4.08. The van der Waals surface area contributed by atoms with Gasteiger partial charge in [0.15, 0.2) is 0 Å². The van der Waals surface area contributed by atoms with Gasteiger partial charge in [-0.1, -0.05) is 0 Å². The molecular weight excluding hydrogens is 214 g/mol. The van der Waals surface area contributed by atoms with E-state index in [1.807, 2.05) is 0 Å². The van der Waals surface area contributed by atoms with Gasteiger partial charge in [-0.05, 0) is 0 Å². The normalized spacial score (nSPS) is 59.6. The van der Waals surface area contributed by atoms with Crippen molar-refractivity contribution in [2.75, 3.05) is 6.61 Å². The van der Waals surface area contributed by atoms with E-state index in [1.165, 1.54) is 0 Å². The van der Waals surface area contributed by atoms with Crippen molar-refractivity contribution in [2.45, 2.75) is 29.7 Å². The molecular formula is C6H11NO8. The maximum Gasteiger partial charge on any atom is 0.328 e. The highest BCUT2D eigenvalue weighted by molar-refractivity contribution is 5.07. The molecule has 2 rings (SSSR count). The molecule has 1 unspecified atom stereocenters. The second kappa shape index (κ2) is 2.85. The van der Waals surface area contributed by atoms with Crippen LogP contribution >= 0.6 is 0 Å². The average molecular weight is 225 g/mol. The molecule has 0 amide bonds. The minimum absolute atomic E-state index is 0.748. The van der Waals surface area contributed by atoms with E-state index in [9.17, 15) is 20.4 Å². The van der Waals surface area contributed by atoms with E-state index in [2.05, 4.69) is 14.5 Å². The molecule has 2 fully saturated rings. The third-order valence-electron chi connectivity index (χ3n) is 2.52. The molecule has 0 spiro atoms. The van der Waals surface area contributed by atoms with Gasteiger partial charge >= 0.3 is 5.79 Å². The van der Waals surface area contributed by atoms with Crippen molar-refractivity contribution < 1.29 is 40.0 Å². The van der Waals surface area contributed by atoms with E-state index >= 15 is 0 Å². The molecule has 0 aliphatic carbocycles. The van der Waals surface area contributed by atoms with Crippen LogP contribution in [0.3, 0.4) is 0 Å². The summed E-state index contributed by atoms with van der Waals surface area (Å²) in [7, 11) is 0. The lowest BCUT2D eigenvalue weighted by Gasteiger charge is -2.59. The third kappa shape index (κ3) is 1.07. The SMILES string of the molecule is NC1(O)O[C@H](CO)[C@H](O)[C@]2(O)OO[C@@]12O. The Hall–Kier alpha value is -0.360. The van der Waals surface area contributed by atoms with Gasteiger partial charge in [0.1, 0.15) is 12.2 Å². The first-order valence-electron chi connectivity index (χ1n) is 4.08.